The van der Waals surface area contributed by atoms with Gasteiger partial charge in [-0.2, -0.15) is 0 Å². The standard InChI is InChI=1S/C24H25N3O2/c28-24(23-17-21(13-14-25-23)27-15-5-2-6-16-27)26-20-9-11-22(12-10-20)29-18-19-7-3-1-4-8-19/h1,3-4,7-14,17H,2,5-6,15-16,18H2,(H,26,28). The topological polar surface area (TPSA) is 54.5 Å². The predicted molar refractivity (Wildman–Crippen MR) is 115 cm³/mol. The van der Waals surface area contributed by atoms with Crippen molar-refractivity contribution in [1.29, 1.82) is 0 Å². The Morgan fingerprint density at radius 3 is 2.48 bits per heavy atom. The molecule has 2 aromatic carbocycles. The van der Waals surface area contributed by atoms with Crippen molar-refractivity contribution in [1.82, 2.24) is 4.98 Å². The van der Waals surface area contributed by atoms with E-state index in [1.54, 1.807) is 6.20 Å². The number of hydrogen-bond acceptors (Lipinski definition) is 4. The van der Waals surface area contributed by atoms with E-state index in [1.165, 1.54) is 19.3 Å². The van der Waals surface area contributed by atoms with Gasteiger partial charge in [-0.1, -0.05) is 30.3 Å². The number of nitrogens with one attached hydrogen (secondary N) is 1. The molecular weight excluding hydrogens is 362 g/mol. The lowest BCUT2D eigenvalue weighted by atomic mass is 10.1. The molecule has 0 unspecified atom stereocenters. The van der Waals surface area contributed by atoms with Crippen LogP contribution in [0.15, 0.2) is 72.9 Å². The molecule has 1 fully saturated rings. The lowest BCUT2D eigenvalue weighted by Gasteiger charge is -2.28. The summed E-state index contributed by atoms with van der Waals surface area (Å²) in [7, 11) is 0. The van der Waals surface area contributed by atoms with Gasteiger partial charge in [0.2, 0.25) is 0 Å². The minimum atomic E-state index is -0.207. The van der Waals surface area contributed by atoms with E-state index < -0.39 is 0 Å². The molecule has 0 saturated carbocycles. The van der Waals surface area contributed by atoms with E-state index in [0.717, 1.165) is 30.1 Å². The first-order valence-corrected chi connectivity index (χ1v) is 10.1. The molecule has 0 atom stereocenters. The molecule has 1 aliphatic rings. The third kappa shape index (κ3) is 5.13. The largest absolute Gasteiger partial charge is 0.489 e. The molecule has 3 aromatic rings. The monoisotopic (exact) mass is 387 g/mol. The number of anilines is 2. The minimum Gasteiger partial charge on any atom is -0.489 e. The number of carbonyl (C=O) groups excluding carboxylic acids is 1. The number of piperidine rings is 1. The zero-order chi connectivity index (χ0) is 19.9. The third-order valence-electron chi connectivity index (χ3n) is 5.06. The molecule has 148 valence electrons. The molecule has 5 heteroatoms. The fourth-order valence-electron chi connectivity index (χ4n) is 3.46. The summed E-state index contributed by atoms with van der Waals surface area (Å²) in [6.07, 6.45) is 5.38. The van der Waals surface area contributed by atoms with Gasteiger partial charge in [-0.15, -0.1) is 0 Å². The van der Waals surface area contributed by atoms with E-state index in [4.69, 9.17) is 4.74 Å². The van der Waals surface area contributed by atoms with Crippen molar-refractivity contribution in [2.75, 3.05) is 23.3 Å². The van der Waals surface area contributed by atoms with Gasteiger partial charge < -0.3 is 15.0 Å². The van der Waals surface area contributed by atoms with Gasteiger partial charge in [0.1, 0.15) is 18.1 Å². The van der Waals surface area contributed by atoms with Gasteiger partial charge in [-0.3, -0.25) is 9.78 Å². The van der Waals surface area contributed by atoms with Crippen LogP contribution < -0.4 is 15.0 Å². The van der Waals surface area contributed by atoms with Crippen molar-refractivity contribution in [3.05, 3.63) is 84.2 Å². The third-order valence-corrected chi connectivity index (χ3v) is 5.06. The molecule has 0 bridgehead atoms. The first-order valence-electron chi connectivity index (χ1n) is 10.1. The predicted octanol–water partition coefficient (Wildman–Crippen LogP) is 4.90. The Balaban J connectivity index is 1.35. The van der Waals surface area contributed by atoms with Gasteiger partial charge in [0, 0.05) is 30.7 Å². The number of pyridine rings is 1. The van der Waals surface area contributed by atoms with Gasteiger partial charge >= 0.3 is 0 Å². The minimum absolute atomic E-state index is 0.207. The first-order chi connectivity index (χ1) is 14.3. The summed E-state index contributed by atoms with van der Waals surface area (Å²) in [5.74, 6) is 0.555. The smallest absolute Gasteiger partial charge is 0.274 e. The number of ether oxygens (including phenoxy) is 1. The second kappa shape index (κ2) is 9.24. The maximum Gasteiger partial charge on any atom is 0.274 e. The summed E-state index contributed by atoms with van der Waals surface area (Å²) >= 11 is 0. The molecule has 2 heterocycles. The fraction of sp³-hybridized carbons (Fsp3) is 0.250. The van der Waals surface area contributed by atoms with Gasteiger partial charge in [0.25, 0.3) is 5.91 Å². The summed E-state index contributed by atoms with van der Waals surface area (Å²) in [5, 5.41) is 2.91. The van der Waals surface area contributed by atoms with Gasteiger partial charge in [0.15, 0.2) is 0 Å². The van der Waals surface area contributed by atoms with Crippen LogP contribution >= 0.6 is 0 Å². The van der Waals surface area contributed by atoms with Crippen LogP contribution in [0.25, 0.3) is 0 Å². The highest BCUT2D eigenvalue weighted by molar-refractivity contribution is 6.03. The van der Waals surface area contributed by atoms with Crippen molar-refractivity contribution in [3.63, 3.8) is 0 Å². The number of aromatic nitrogens is 1. The highest BCUT2D eigenvalue weighted by Gasteiger charge is 2.14. The summed E-state index contributed by atoms with van der Waals surface area (Å²) in [6, 6.07) is 21.3. The molecule has 0 spiro atoms. The summed E-state index contributed by atoms with van der Waals surface area (Å²) in [4.78, 5) is 19.2. The molecule has 5 nitrogen and oxygen atoms in total. The molecule has 0 aliphatic carbocycles. The zero-order valence-corrected chi connectivity index (χ0v) is 16.4. The van der Waals surface area contributed by atoms with Crippen molar-refractivity contribution in [2.45, 2.75) is 25.9 Å². The quantitative estimate of drug-likeness (QED) is 0.653. The SMILES string of the molecule is O=C(Nc1ccc(OCc2ccccc2)cc1)c1cc(N2CCCCC2)ccn1. The number of hydrogen-bond donors (Lipinski definition) is 1. The maximum atomic E-state index is 12.6. The van der Waals surface area contributed by atoms with Gasteiger partial charge in [0.05, 0.1) is 0 Å². The Bertz CT molecular complexity index is 936. The van der Waals surface area contributed by atoms with Crippen LogP contribution in [-0.2, 0) is 6.61 Å². The van der Waals surface area contributed by atoms with Crippen LogP contribution in [0.1, 0.15) is 35.3 Å². The van der Waals surface area contributed by atoms with E-state index in [-0.39, 0.29) is 5.91 Å². The van der Waals surface area contributed by atoms with E-state index in [2.05, 4.69) is 15.2 Å². The first kappa shape index (κ1) is 19.0. The summed E-state index contributed by atoms with van der Waals surface area (Å²) in [6.45, 7) is 2.59. The average Bonchev–Trinajstić information content (AvgIpc) is 2.80. The second-order valence-electron chi connectivity index (χ2n) is 7.20. The lowest BCUT2D eigenvalue weighted by molar-refractivity contribution is 0.102. The van der Waals surface area contributed by atoms with E-state index in [1.807, 2.05) is 66.7 Å². The highest BCUT2D eigenvalue weighted by atomic mass is 16.5. The van der Waals surface area contributed by atoms with Crippen LogP contribution in [-0.4, -0.2) is 24.0 Å². The van der Waals surface area contributed by atoms with Crippen molar-refractivity contribution < 1.29 is 9.53 Å². The van der Waals surface area contributed by atoms with Gasteiger partial charge in [-0.05, 0) is 61.2 Å². The second-order valence-corrected chi connectivity index (χ2v) is 7.20. The Morgan fingerprint density at radius 1 is 0.966 bits per heavy atom. The molecule has 0 radical (unpaired) electrons. The molecule has 1 amide bonds. The van der Waals surface area contributed by atoms with E-state index >= 15 is 0 Å². The van der Waals surface area contributed by atoms with Gasteiger partial charge in [-0.25, -0.2) is 0 Å². The molecule has 29 heavy (non-hydrogen) atoms. The zero-order valence-electron chi connectivity index (χ0n) is 16.4. The fourth-order valence-corrected chi connectivity index (χ4v) is 3.46. The van der Waals surface area contributed by atoms with Crippen LogP contribution in [0.5, 0.6) is 5.75 Å². The molecule has 1 saturated heterocycles. The summed E-state index contributed by atoms with van der Waals surface area (Å²) < 4.78 is 5.79. The Hall–Kier alpha value is -3.34. The Labute approximate surface area is 171 Å². The molecule has 1 aliphatic heterocycles. The number of amides is 1. The molecule has 1 N–H and O–H groups in total. The normalized spacial score (nSPS) is 13.7. The van der Waals surface area contributed by atoms with Crippen LogP contribution in [0.2, 0.25) is 0 Å². The number of benzene rings is 2. The van der Waals surface area contributed by atoms with Crippen molar-refractivity contribution in [3.8, 4) is 5.75 Å². The van der Waals surface area contributed by atoms with Crippen LogP contribution in [0.3, 0.4) is 0 Å². The number of carbonyl (C=O) groups is 1. The van der Waals surface area contributed by atoms with Crippen molar-refractivity contribution >= 4 is 17.3 Å². The average molecular weight is 387 g/mol. The summed E-state index contributed by atoms with van der Waals surface area (Å²) in [5.41, 5.74) is 3.32. The lowest BCUT2D eigenvalue weighted by Crippen LogP contribution is -2.29. The number of rotatable bonds is 6. The van der Waals surface area contributed by atoms with Crippen molar-refractivity contribution in [2.24, 2.45) is 0 Å². The highest BCUT2D eigenvalue weighted by Crippen LogP contribution is 2.21. The Kier molecular flexibility index (Phi) is 6.05. The molecule has 1 aromatic heterocycles. The molecular formula is C24H25N3O2. The Morgan fingerprint density at radius 2 is 1.72 bits per heavy atom. The van der Waals surface area contributed by atoms with E-state index in [0.29, 0.717) is 18.0 Å². The maximum absolute atomic E-state index is 12.6. The molecule has 4 rings (SSSR count). The number of nitrogens with zero attached hydrogens (tertiary/aromatic N) is 2. The van der Waals surface area contributed by atoms with E-state index in [9.17, 15) is 4.79 Å². The van der Waals surface area contributed by atoms with Crippen LogP contribution in [0, 0.1) is 0 Å². The van der Waals surface area contributed by atoms with Crippen LogP contribution in [0.4, 0.5) is 11.4 Å².